The molecule has 0 amide bonds. The van der Waals surface area contributed by atoms with Crippen LogP contribution in [-0.4, -0.2) is 19.0 Å². The minimum absolute atomic E-state index is 0.190. The molecule has 0 bridgehead atoms. The monoisotopic (exact) mass is 264 g/mol. The van der Waals surface area contributed by atoms with Crippen molar-refractivity contribution in [3.8, 4) is 0 Å². The second-order valence-corrected chi connectivity index (χ2v) is 4.31. The molecule has 0 atom stereocenters. The van der Waals surface area contributed by atoms with Crippen LogP contribution in [0.3, 0.4) is 0 Å². The molecule has 0 saturated carbocycles. The zero-order valence-corrected chi connectivity index (χ0v) is 11.5. The minimum Gasteiger partial charge on any atom is -0.465 e. The molecule has 0 saturated heterocycles. The summed E-state index contributed by atoms with van der Waals surface area (Å²) in [5.41, 5.74) is 1.24. The van der Waals surface area contributed by atoms with E-state index in [-0.39, 0.29) is 12.6 Å². The van der Waals surface area contributed by atoms with Gasteiger partial charge in [-0.15, -0.1) is 0 Å². The lowest BCUT2D eigenvalue weighted by Crippen LogP contribution is -2.06. The highest BCUT2D eigenvalue weighted by atomic mass is 16.5. The fourth-order valence-electron chi connectivity index (χ4n) is 1.66. The van der Waals surface area contributed by atoms with Crippen LogP contribution in [0.5, 0.6) is 0 Å². The standard InChI is InChI=1S/C15H20O4/c1-3-4-5-9-14(16)19-11-12-7-6-8-13(10-12)15(17)18-2/h6-8,10H,3-5,9,11H2,1-2H3. The summed E-state index contributed by atoms with van der Waals surface area (Å²) >= 11 is 0. The van der Waals surface area contributed by atoms with Crippen LogP contribution in [0.4, 0.5) is 0 Å². The molecule has 0 unspecified atom stereocenters. The number of carbonyl (C=O) groups is 2. The van der Waals surface area contributed by atoms with Gasteiger partial charge >= 0.3 is 11.9 Å². The molecule has 4 nitrogen and oxygen atoms in total. The Labute approximate surface area is 113 Å². The van der Waals surface area contributed by atoms with Crippen LogP contribution >= 0.6 is 0 Å². The Morgan fingerprint density at radius 2 is 2.00 bits per heavy atom. The summed E-state index contributed by atoms with van der Waals surface area (Å²) in [4.78, 5) is 22.8. The van der Waals surface area contributed by atoms with Gasteiger partial charge in [0.05, 0.1) is 12.7 Å². The summed E-state index contributed by atoms with van der Waals surface area (Å²) in [5, 5.41) is 0. The van der Waals surface area contributed by atoms with Crippen LogP contribution in [0.2, 0.25) is 0 Å². The topological polar surface area (TPSA) is 52.6 Å². The molecule has 1 aromatic carbocycles. The summed E-state index contributed by atoms with van der Waals surface area (Å²) in [6.45, 7) is 2.28. The number of benzene rings is 1. The lowest BCUT2D eigenvalue weighted by Gasteiger charge is -2.06. The summed E-state index contributed by atoms with van der Waals surface area (Å²) in [7, 11) is 1.34. The quantitative estimate of drug-likeness (QED) is 0.561. The van der Waals surface area contributed by atoms with Gasteiger partial charge in [0.15, 0.2) is 0 Å². The Hall–Kier alpha value is -1.84. The average molecular weight is 264 g/mol. The fourth-order valence-corrected chi connectivity index (χ4v) is 1.66. The van der Waals surface area contributed by atoms with E-state index in [1.807, 2.05) is 6.07 Å². The van der Waals surface area contributed by atoms with Crippen molar-refractivity contribution in [3.05, 3.63) is 35.4 Å². The van der Waals surface area contributed by atoms with Gasteiger partial charge in [-0.2, -0.15) is 0 Å². The highest BCUT2D eigenvalue weighted by Gasteiger charge is 2.07. The van der Waals surface area contributed by atoms with E-state index in [9.17, 15) is 9.59 Å². The van der Waals surface area contributed by atoms with Crippen molar-refractivity contribution in [3.63, 3.8) is 0 Å². The van der Waals surface area contributed by atoms with Crippen molar-refractivity contribution in [2.45, 2.75) is 39.2 Å². The smallest absolute Gasteiger partial charge is 0.337 e. The number of hydrogen-bond acceptors (Lipinski definition) is 4. The zero-order chi connectivity index (χ0) is 14.1. The molecule has 0 radical (unpaired) electrons. The third-order valence-electron chi connectivity index (χ3n) is 2.73. The normalized spacial score (nSPS) is 10.0. The Balaban J connectivity index is 2.44. The number of methoxy groups -OCH3 is 1. The van der Waals surface area contributed by atoms with Crippen LogP contribution in [0.25, 0.3) is 0 Å². The molecule has 0 aromatic heterocycles. The van der Waals surface area contributed by atoms with Crippen LogP contribution < -0.4 is 0 Å². The molecule has 0 fully saturated rings. The zero-order valence-electron chi connectivity index (χ0n) is 11.5. The van der Waals surface area contributed by atoms with E-state index in [2.05, 4.69) is 11.7 Å². The maximum absolute atomic E-state index is 11.5. The first-order valence-corrected chi connectivity index (χ1v) is 6.50. The van der Waals surface area contributed by atoms with Gasteiger partial charge in [0.25, 0.3) is 0 Å². The SMILES string of the molecule is CCCCCC(=O)OCc1cccc(C(=O)OC)c1. The van der Waals surface area contributed by atoms with Crippen LogP contribution in [-0.2, 0) is 20.9 Å². The van der Waals surface area contributed by atoms with Crippen molar-refractivity contribution in [1.29, 1.82) is 0 Å². The highest BCUT2D eigenvalue weighted by molar-refractivity contribution is 5.89. The molecule has 0 N–H and O–H groups in total. The lowest BCUT2D eigenvalue weighted by molar-refractivity contribution is -0.145. The summed E-state index contributed by atoms with van der Waals surface area (Å²) in [6.07, 6.45) is 3.42. The van der Waals surface area contributed by atoms with Crippen molar-refractivity contribution in [1.82, 2.24) is 0 Å². The molecule has 0 spiro atoms. The molecule has 0 heterocycles. The third-order valence-corrected chi connectivity index (χ3v) is 2.73. The second-order valence-electron chi connectivity index (χ2n) is 4.31. The van der Waals surface area contributed by atoms with E-state index in [1.54, 1.807) is 18.2 Å². The maximum atomic E-state index is 11.5. The Morgan fingerprint density at radius 3 is 2.68 bits per heavy atom. The Kier molecular flexibility index (Phi) is 6.64. The van der Waals surface area contributed by atoms with E-state index < -0.39 is 5.97 Å². The number of hydrogen-bond donors (Lipinski definition) is 0. The summed E-state index contributed by atoms with van der Waals surface area (Å²) < 4.78 is 9.79. The van der Waals surface area contributed by atoms with Crippen LogP contribution in [0, 0.1) is 0 Å². The largest absolute Gasteiger partial charge is 0.465 e. The Bertz CT molecular complexity index is 426. The van der Waals surface area contributed by atoms with Gasteiger partial charge in [-0.05, 0) is 24.1 Å². The molecule has 0 aliphatic heterocycles. The molecule has 4 heteroatoms. The van der Waals surface area contributed by atoms with E-state index in [0.717, 1.165) is 24.8 Å². The van der Waals surface area contributed by atoms with Crippen LogP contribution in [0.1, 0.15) is 48.5 Å². The number of unbranched alkanes of at least 4 members (excludes halogenated alkanes) is 2. The molecular weight excluding hydrogens is 244 g/mol. The first-order chi connectivity index (χ1) is 9.17. The second kappa shape index (κ2) is 8.29. The van der Waals surface area contributed by atoms with Gasteiger partial charge < -0.3 is 9.47 Å². The molecule has 1 rings (SSSR count). The summed E-state index contributed by atoms with van der Waals surface area (Å²) in [5.74, 6) is -0.590. The molecular formula is C15H20O4. The van der Waals surface area contributed by atoms with Gasteiger partial charge in [-0.1, -0.05) is 31.9 Å². The maximum Gasteiger partial charge on any atom is 0.337 e. The van der Waals surface area contributed by atoms with Crippen molar-refractivity contribution >= 4 is 11.9 Å². The van der Waals surface area contributed by atoms with Gasteiger partial charge in [0.2, 0.25) is 0 Å². The molecule has 0 aliphatic rings. The minimum atomic E-state index is -0.392. The van der Waals surface area contributed by atoms with E-state index in [4.69, 9.17) is 4.74 Å². The van der Waals surface area contributed by atoms with Gasteiger partial charge in [-0.3, -0.25) is 4.79 Å². The molecule has 1 aromatic rings. The van der Waals surface area contributed by atoms with Gasteiger partial charge in [-0.25, -0.2) is 4.79 Å². The first-order valence-electron chi connectivity index (χ1n) is 6.50. The third kappa shape index (κ3) is 5.55. The van der Waals surface area contributed by atoms with E-state index >= 15 is 0 Å². The van der Waals surface area contributed by atoms with Crippen molar-refractivity contribution in [2.24, 2.45) is 0 Å². The van der Waals surface area contributed by atoms with Crippen molar-refractivity contribution in [2.75, 3.05) is 7.11 Å². The first kappa shape index (κ1) is 15.2. The van der Waals surface area contributed by atoms with E-state index in [0.29, 0.717) is 12.0 Å². The highest BCUT2D eigenvalue weighted by Crippen LogP contribution is 2.09. The van der Waals surface area contributed by atoms with Crippen LogP contribution in [0.15, 0.2) is 24.3 Å². The number of carbonyl (C=O) groups excluding carboxylic acids is 2. The molecule has 19 heavy (non-hydrogen) atoms. The average Bonchev–Trinajstić information content (AvgIpc) is 2.45. The van der Waals surface area contributed by atoms with E-state index in [1.165, 1.54) is 7.11 Å². The predicted molar refractivity (Wildman–Crippen MR) is 71.7 cm³/mol. The summed E-state index contributed by atoms with van der Waals surface area (Å²) in [6, 6.07) is 6.89. The Morgan fingerprint density at radius 1 is 1.21 bits per heavy atom. The van der Waals surface area contributed by atoms with Gasteiger partial charge in [0, 0.05) is 6.42 Å². The number of rotatable bonds is 7. The molecule has 104 valence electrons. The fraction of sp³-hybridized carbons (Fsp3) is 0.467. The van der Waals surface area contributed by atoms with Gasteiger partial charge in [0.1, 0.15) is 6.61 Å². The number of ether oxygens (including phenoxy) is 2. The number of esters is 2. The predicted octanol–water partition coefficient (Wildman–Crippen LogP) is 3.10. The van der Waals surface area contributed by atoms with Crippen molar-refractivity contribution < 1.29 is 19.1 Å². The lowest BCUT2D eigenvalue weighted by atomic mass is 10.1. The molecule has 0 aliphatic carbocycles.